The Morgan fingerprint density at radius 1 is 0.151 bits per heavy atom. The average molecular weight is 1680 g/mol. The first-order valence-electron chi connectivity index (χ1n) is 31.0. The van der Waals surface area contributed by atoms with Gasteiger partial charge in [0, 0.05) is 48.4 Å². The number of aryl methyl sites for hydroxylation is 14. The van der Waals surface area contributed by atoms with E-state index in [1.54, 1.807) is 71.0 Å². The van der Waals surface area contributed by atoms with Crippen LogP contribution in [-0.4, -0.2) is 0 Å². The highest BCUT2D eigenvalue weighted by Gasteiger charge is 2.20. The summed E-state index contributed by atoms with van der Waals surface area (Å²) in [5.41, 5.74) is 7.20. The van der Waals surface area contributed by atoms with Gasteiger partial charge in [-0.3, -0.25) is 0 Å². The zero-order valence-electron chi connectivity index (χ0n) is 60.9. The first-order valence-corrected chi connectivity index (χ1v) is 34.4. The molecule has 0 aliphatic carbocycles. The molecule has 0 N–H and O–H groups in total. The van der Waals surface area contributed by atoms with Gasteiger partial charge in [-0.05, 0) is 253 Å². The van der Waals surface area contributed by atoms with Crippen LogP contribution in [0.1, 0.15) is 111 Å². The molecule has 10 aromatic carbocycles. The van der Waals surface area contributed by atoms with Crippen molar-refractivity contribution in [3.63, 3.8) is 0 Å². The second-order valence-electron chi connectivity index (χ2n) is 23.9. The van der Waals surface area contributed by atoms with E-state index in [9.17, 15) is 74.6 Å². The van der Waals surface area contributed by atoms with Crippen molar-refractivity contribution in [1.29, 1.82) is 0 Å². The average Bonchev–Trinajstić information content (AvgIpc) is 0.812. The van der Waals surface area contributed by atoms with Gasteiger partial charge in [0.2, 0.25) is 0 Å². The van der Waals surface area contributed by atoms with E-state index in [4.69, 9.17) is 104 Å². The second kappa shape index (κ2) is 44.3. The summed E-state index contributed by atoms with van der Waals surface area (Å²) in [4.78, 5) is 0. The molecule has 0 atom stereocenters. The molecular weight excluding hydrogens is 1600 g/mol. The van der Waals surface area contributed by atoms with Crippen LogP contribution in [-0.2, 0) is 0 Å². The molecule has 0 saturated heterocycles. The maximum atomic E-state index is 12.9. The van der Waals surface area contributed by atoms with Crippen molar-refractivity contribution >= 4 is 104 Å². The highest BCUT2D eigenvalue weighted by Crippen LogP contribution is 2.31. The molecule has 0 saturated carbocycles. The molecule has 0 nitrogen and oxygen atoms in total. The molecular formula is C80H74Cl9F17. The van der Waals surface area contributed by atoms with E-state index in [1.165, 1.54) is 74.4 Å². The number of rotatable bonds is 0. The lowest BCUT2D eigenvalue weighted by atomic mass is 10.1. The summed E-state index contributed by atoms with van der Waals surface area (Å²) in [7, 11) is 0. The Kier molecular flexibility index (Phi) is 40.8. The highest BCUT2D eigenvalue weighted by atomic mass is 35.5. The van der Waals surface area contributed by atoms with Crippen molar-refractivity contribution in [2.75, 3.05) is 0 Å². The van der Waals surface area contributed by atoms with Crippen LogP contribution in [0, 0.1) is 237 Å². The zero-order chi connectivity index (χ0) is 82.5. The fraction of sp³-hybridized carbons (Fsp3) is 0.250. The third-order valence-electron chi connectivity index (χ3n) is 15.3. The molecule has 26 heteroatoms. The predicted molar refractivity (Wildman–Crippen MR) is 404 cm³/mol. The van der Waals surface area contributed by atoms with Gasteiger partial charge in [0.25, 0.3) is 0 Å². The van der Waals surface area contributed by atoms with Crippen LogP contribution in [0.4, 0.5) is 74.6 Å². The largest absolute Gasteiger partial charge is 0.207 e. The Bertz CT molecular complexity index is 3920. The molecule has 0 spiro atoms. The molecule has 0 aromatic heterocycles. The summed E-state index contributed by atoms with van der Waals surface area (Å²) < 4.78 is 216. The number of hydrogen-bond donors (Lipinski definition) is 0. The molecule has 10 aromatic rings. The van der Waals surface area contributed by atoms with Gasteiger partial charge in [0.05, 0.1) is 30.1 Å². The van der Waals surface area contributed by atoms with Gasteiger partial charge < -0.3 is 0 Å². The Morgan fingerprint density at radius 2 is 0.358 bits per heavy atom. The summed E-state index contributed by atoms with van der Waals surface area (Å²) in [6.45, 7) is 31.0. The normalized spacial score (nSPS) is 10.2. The quantitative estimate of drug-likeness (QED) is 0.105. The van der Waals surface area contributed by atoms with E-state index < -0.39 is 98.4 Å². The van der Waals surface area contributed by atoms with E-state index in [0.717, 1.165) is 69.4 Å². The fourth-order valence-corrected chi connectivity index (χ4v) is 9.75. The SMILES string of the molecule is Cc1c(F)c(F)c(C)c(F)c1F.Cc1cc(Cl)c(C)c(F)c1F.Cc1cc(Cl)c(C)cc1Cl.Cc1cc(F)c(C)c(Cl)c1F.Cc1cc(F)c(C)c(F)c1Cl.Cc1cc(F)c(C)c(F)c1F.Cc1ccc(C)c(Cl)c1Cl.Cc1ccc(C)c(Cl)c1F.Cc1ccc(C)c(Cl)c1F.Cc1ccc(C)c(F)c1F. The second-order valence-corrected chi connectivity index (χ2v) is 27.4. The molecule has 0 aliphatic heterocycles. The maximum absolute atomic E-state index is 12.9. The molecule has 0 heterocycles. The molecule has 576 valence electrons. The van der Waals surface area contributed by atoms with Crippen LogP contribution < -0.4 is 0 Å². The first kappa shape index (κ1) is 97.6. The molecule has 0 aliphatic rings. The van der Waals surface area contributed by atoms with Crippen LogP contribution in [0.25, 0.3) is 0 Å². The van der Waals surface area contributed by atoms with E-state index in [0.29, 0.717) is 37.9 Å². The summed E-state index contributed by atoms with van der Waals surface area (Å²) in [5, 5.41) is 3.51. The van der Waals surface area contributed by atoms with E-state index in [1.807, 2.05) is 52.0 Å². The van der Waals surface area contributed by atoms with Crippen LogP contribution in [0.5, 0.6) is 0 Å². The third kappa shape index (κ3) is 27.6. The highest BCUT2D eigenvalue weighted by molar-refractivity contribution is 6.43. The summed E-state index contributed by atoms with van der Waals surface area (Å²) in [6.07, 6.45) is 0. The summed E-state index contributed by atoms with van der Waals surface area (Å²) in [5.74, 6) is -14.0. The molecule has 0 bridgehead atoms. The lowest BCUT2D eigenvalue weighted by Crippen LogP contribution is -2.02. The molecule has 0 radical (unpaired) electrons. The zero-order valence-corrected chi connectivity index (χ0v) is 67.7. The van der Waals surface area contributed by atoms with Crippen molar-refractivity contribution in [2.24, 2.45) is 0 Å². The third-order valence-corrected chi connectivity index (χ3v) is 19.4. The van der Waals surface area contributed by atoms with Crippen molar-refractivity contribution < 1.29 is 74.6 Å². The van der Waals surface area contributed by atoms with Crippen molar-refractivity contribution in [3.05, 3.63) is 340 Å². The maximum Gasteiger partial charge on any atom is 0.165 e. The van der Waals surface area contributed by atoms with Gasteiger partial charge in [-0.25, -0.2) is 74.6 Å². The molecule has 0 amide bonds. The van der Waals surface area contributed by atoms with Crippen molar-refractivity contribution in [3.8, 4) is 0 Å². The minimum absolute atomic E-state index is 0.00361. The van der Waals surface area contributed by atoms with Gasteiger partial charge in [-0.1, -0.05) is 153 Å². The van der Waals surface area contributed by atoms with Crippen LogP contribution in [0.2, 0.25) is 45.2 Å². The monoisotopic (exact) mass is 1670 g/mol. The number of hydrogen-bond acceptors (Lipinski definition) is 0. The molecule has 10 rings (SSSR count). The lowest BCUT2D eigenvalue weighted by Gasteiger charge is -2.04. The topological polar surface area (TPSA) is 0 Å². The van der Waals surface area contributed by atoms with Gasteiger partial charge in [0.15, 0.2) is 58.2 Å². The first-order chi connectivity index (χ1) is 48.7. The van der Waals surface area contributed by atoms with Crippen molar-refractivity contribution in [2.45, 2.75) is 138 Å². The van der Waals surface area contributed by atoms with E-state index in [2.05, 4.69) is 0 Å². The van der Waals surface area contributed by atoms with Crippen LogP contribution in [0.15, 0.2) is 84.9 Å². The standard InChI is InChI=1S/2C8H8Cl2.3C8H7ClF2.2C8H8ClF.C8H6F4.C8H7F3.C8H8F2/c1-5-3-8(10)6(2)4-7(5)9;1-5-3-4-6(2)8(10)7(5)9;1-4-3-6(10)5(2)7(9)8(4)11;1-4-3-6(10)5(2)8(11)7(4)9;1-4-3-6(9)5(2)8(11)7(4)10;2*1-5-3-4-6(2)8(10)7(5)9;1-3-5(9)7(11)4(2)8(12)6(3)10;1-4-3-6(9)5(2)8(11)7(4)10;1-5-3-4-6(2)8(10)7(5)9/h2*3-4H,1-2H3;3*3H,1-2H3;2*3-4H,1-2H3;1-2H3;3H,1-2H3;3-4H,1-2H3. The lowest BCUT2D eigenvalue weighted by molar-refractivity contribution is 0.436. The Morgan fingerprint density at radius 3 is 0.689 bits per heavy atom. The fourth-order valence-electron chi connectivity index (χ4n) is 7.78. The van der Waals surface area contributed by atoms with Gasteiger partial charge in [0.1, 0.15) is 40.7 Å². The Labute approximate surface area is 653 Å². The molecule has 0 fully saturated rings. The van der Waals surface area contributed by atoms with Crippen LogP contribution in [0.3, 0.4) is 0 Å². The molecule has 106 heavy (non-hydrogen) atoms. The van der Waals surface area contributed by atoms with Gasteiger partial charge in [-0.15, -0.1) is 0 Å². The smallest absolute Gasteiger partial charge is 0.165 e. The van der Waals surface area contributed by atoms with E-state index >= 15 is 0 Å². The van der Waals surface area contributed by atoms with Crippen LogP contribution >= 0.6 is 104 Å². The minimum Gasteiger partial charge on any atom is -0.207 e. The number of halogens is 26. The Balaban J connectivity index is 0.000000589. The summed E-state index contributed by atoms with van der Waals surface area (Å²) >= 11 is 51.1. The molecule has 0 unspecified atom stereocenters. The van der Waals surface area contributed by atoms with Gasteiger partial charge in [-0.2, -0.15) is 0 Å². The number of benzene rings is 10. The minimum atomic E-state index is -1.33. The van der Waals surface area contributed by atoms with Crippen molar-refractivity contribution in [1.82, 2.24) is 0 Å². The Hall–Kier alpha value is -6.38. The van der Waals surface area contributed by atoms with Gasteiger partial charge >= 0.3 is 0 Å². The van der Waals surface area contributed by atoms with E-state index in [-0.39, 0.29) is 75.7 Å². The summed E-state index contributed by atoms with van der Waals surface area (Å²) in [6, 6.07) is 22.6. The predicted octanol–water partition coefficient (Wildman–Crippen LogP) is 31.3.